The van der Waals surface area contributed by atoms with Crippen molar-refractivity contribution in [3.05, 3.63) is 47.3 Å². The van der Waals surface area contributed by atoms with Gasteiger partial charge in [-0.3, -0.25) is 9.58 Å². The van der Waals surface area contributed by atoms with Crippen LogP contribution in [0.25, 0.3) is 11.0 Å². The first-order valence-electron chi connectivity index (χ1n) is 8.56. The van der Waals surface area contributed by atoms with Gasteiger partial charge in [0.25, 0.3) is 0 Å². The van der Waals surface area contributed by atoms with Gasteiger partial charge in [-0.2, -0.15) is 5.10 Å². The summed E-state index contributed by atoms with van der Waals surface area (Å²) >= 11 is 0. The van der Waals surface area contributed by atoms with Crippen molar-refractivity contribution in [1.29, 1.82) is 0 Å². The number of ether oxygens (including phenoxy) is 1. The molecule has 1 aliphatic heterocycles. The maximum atomic E-state index is 13.8. The number of nitrogens with one attached hydrogen (secondary N) is 1. The summed E-state index contributed by atoms with van der Waals surface area (Å²) in [5.41, 5.74) is 3.31. The van der Waals surface area contributed by atoms with Gasteiger partial charge in [0, 0.05) is 18.8 Å². The number of halogens is 1. The van der Waals surface area contributed by atoms with Gasteiger partial charge in [0.2, 0.25) is 0 Å². The number of hydrogen-bond donors (Lipinski definition) is 1. The summed E-state index contributed by atoms with van der Waals surface area (Å²) in [6, 6.07) is 7.05. The fourth-order valence-electron chi connectivity index (χ4n) is 3.42. The van der Waals surface area contributed by atoms with Crippen molar-refractivity contribution in [2.45, 2.75) is 33.0 Å². The van der Waals surface area contributed by atoms with Crippen LogP contribution in [0.3, 0.4) is 0 Å². The molecule has 0 aliphatic carbocycles. The minimum absolute atomic E-state index is 0.0906. The van der Waals surface area contributed by atoms with E-state index in [9.17, 15) is 4.39 Å². The van der Waals surface area contributed by atoms with E-state index < -0.39 is 0 Å². The molecular formula is C18H22FN5O. The number of benzene rings is 1. The molecule has 7 heteroatoms. The molecule has 6 nitrogen and oxygen atoms in total. The van der Waals surface area contributed by atoms with Crippen LogP contribution in [0.4, 0.5) is 4.39 Å². The Morgan fingerprint density at radius 3 is 3.00 bits per heavy atom. The first-order valence-corrected chi connectivity index (χ1v) is 8.56. The van der Waals surface area contributed by atoms with Gasteiger partial charge in [-0.1, -0.05) is 6.07 Å². The molecule has 0 amide bonds. The Bertz CT molecular complexity index is 887. The number of aromatic nitrogens is 4. The topological polar surface area (TPSA) is 59.0 Å². The van der Waals surface area contributed by atoms with Crippen LogP contribution < -0.4 is 0 Å². The summed E-state index contributed by atoms with van der Waals surface area (Å²) < 4.78 is 21.7. The molecular weight excluding hydrogens is 321 g/mol. The fraction of sp³-hybridized carbons (Fsp3) is 0.444. The van der Waals surface area contributed by atoms with Crippen molar-refractivity contribution in [2.75, 3.05) is 19.7 Å². The lowest BCUT2D eigenvalue weighted by Crippen LogP contribution is -2.44. The molecule has 3 aromatic rings. The molecule has 1 aliphatic rings. The molecule has 4 rings (SSSR count). The third-order valence-corrected chi connectivity index (χ3v) is 4.59. The zero-order chi connectivity index (χ0) is 17.4. The lowest BCUT2D eigenvalue weighted by atomic mass is 10.2. The summed E-state index contributed by atoms with van der Waals surface area (Å²) in [6.45, 7) is 7.78. The second-order valence-electron chi connectivity index (χ2n) is 6.66. The van der Waals surface area contributed by atoms with Crippen molar-refractivity contribution in [2.24, 2.45) is 0 Å². The molecule has 132 valence electrons. The number of aromatic amines is 1. The average Bonchev–Trinajstić information content (AvgIpc) is 3.11. The van der Waals surface area contributed by atoms with Gasteiger partial charge in [0.1, 0.15) is 11.3 Å². The maximum Gasteiger partial charge on any atom is 0.151 e. The minimum Gasteiger partial charge on any atom is -0.374 e. The van der Waals surface area contributed by atoms with Crippen molar-refractivity contribution in [1.82, 2.24) is 24.6 Å². The molecule has 2 aromatic heterocycles. The average molecular weight is 343 g/mol. The third-order valence-electron chi connectivity index (χ3n) is 4.59. The normalized spacial score (nSPS) is 18.9. The fourth-order valence-corrected chi connectivity index (χ4v) is 3.42. The number of aryl methyl sites for hydroxylation is 2. The van der Waals surface area contributed by atoms with E-state index in [0.29, 0.717) is 18.7 Å². The second kappa shape index (κ2) is 6.57. The number of para-hydroxylation sites is 1. The summed E-state index contributed by atoms with van der Waals surface area (Å²) in [5.74, 6) is 0.497. The van der Waals surface area contributed by atoms with Gasteiger partial charge in [0.05, 0.1) is 37.0 Å². The van der Waals surface area contributed by atoms with E-state index in [0.717, 1.165) is 42.4 Å². The van der Waals surface area contributed by atoms with Crippen LogP contribution >= 0.6 is 0 Å². The van der Waals surface area contributed by atoms with Crippen molar-refractivity contribution in [3.8, 4) is 0 Å². The molecule has 1 atom stereocenters. The SMILES string of the molecule is Cc1cc(C)n(CC2CN(Cc3nc4c(F)cccc4[nH]3)CCO2)n1. The van der Waals surface area contributed by atoms with E-state index in [1.165, 1.54) is 6.07 Å². The van der Waals surface area contributed by atoms with E-state index in [4.69, 9.17) is 4.74 Å². The zero-order valence-electron chi connectivity index (χ0n) is 14.5. The second-order valence-corrected chi connectivity index (χ2v) is 6.66. The van der Waals surface area contributed by atoms with E-state index in [2.05, 4.69) is 33.0 Å². The highest BCUT2D eigenvalue weighted by molar-refractivity contribution is 5.75. The first-order chi connectivity index (χ1) is 12.1. The van der Waals surface area contributed by atoms with Gasteiger partial charge in [0.15, 0.2) is 5.82 Å². The highest BCUT2D eigenvalue weighted by Gasteiger charge is 2.23. The van der Waals surface area contributed by atoms with Crippen molar-refractivity contribution < 1.29 is 9.13 Å². The molecule has 1 unspecified atom stereocenters. The molecule has 1 aromatic carbocycles. The Kier molecular flexibility index (Phi) is 4.27. The van der Waals surface area contributed by atoms with Crippen LogP contribution in [0.1, 0.15) is 17.2 Å². The Morgan fingerprint density at radius 1 is 1.36 bits per heavy atom. The van der Waals surface area contributed by atoms with E-state index in [1.54, 1.807) is 6.07 Å². The molecule has 0 saturated carbocycles. The lowest BCUT2D eigenvalue weighted by Gasteiger charge is -2.32. The van der Waals surface area contributed by atoms with Crippen LogP contribution in [0.2, 0.25) is 0 Å². The third kappa shape index (κ3) is 3.43. The van der Waals surface area contributed by atoms with Crippen LogP contribution in [0.5, 0.6) is 0 Å². The number of rotatable bonds is 4. The van der Waals surface area contributed by atoms with Gasteiger partial charge in [-0.05, 0) is 32.0 Å². The molecule has 0 bridgehead atoms. The van der Waals surface area contributed by atoms with Gasteiger partial charge in [-0.25, -0.2) is 9.37 Å². The van der Waals surface area contributed by atoms with Gasteiger partial charge in [-0.15, -0.1) is 0 Å². The molecule has 0 radical (unpaired) electrons. The van der Waals surface area contributed by atoms with E-state index in [-0.39, 0.29) is 11.9 Å². The Morgan fingerprint density at radius 2 is 2.24 bits per heavy atom. The smallest absolute Gasteiger partial charge is 0.151 e. The number of nitrogens with zero attached hydrogens (tertiary/aromatic N) is 4. The monoisotopic (exact) mass is 343 g/mol. The molecule has 1 N–H and O–H groups in total. The Labute approximate surface area is 145 Å². The van der Waals surface area contributed by atoms with Gasteiger partial charge >= 0.3 is 0 Å². The predicted molar refractivity (Wildman–Crippen MR) is 92.8 cm³/mol. The number of hydrogen-bond acceptors (Lipinski definition) is 4. The molecule has 1 fully saturated rings. The Hall–Kier alpha value is -2.25. The maximum absolute atomic E-state index is 13.8. The Balaban J connectivity index is 1.43. The number of fused-ring (bicyclic) bond motifs is 1. The summed E-state index contributed by atoms with van der Waals surface area (Å²) in [4.78, 5) is 9.90. The van der Waals surface area contributed by atoms with E-state index in [1.807, 2.05) is 17.7 Å². The summed E-state index contributed by atoms with van der Waals surface area (Å²) in [7, 11) is 0. The minimum atomic E-state index is -0.288. The first kappa shape index (κ1) is 16.2. The zero-order valence-corrected chi connectivity index (χ0v) is 14.5. The van der Waals surface area contributed by atoms with Crippen LogP contribution in [-0.4, -0.2) is 50.4 Å². The molecule has 3 heterocycles. The highest BCUT2D eigenvalue weighted by Crippen LogP contribution is 2.17. The van der Waals surface area contributed by atoms with Crippen LogP contribution in [-0.2, 0) is 17.8 Å². The number of morpholine rings is 1. The van der Waals surface area contributed by atoms with Crippen molar-refractivity contribution in [3.63, 3.8) is 0 Å². The largest absolute Gasteiger partial charge is 0.374 e. The van der Waals surface area contributed by atoms with Crippen LogP contribution in [0.15, 0.2) is 24.3 Å². The quantitative estimate of drug-likeness (QED) is 0.790. The molecule has 1 saturated heterocycles. The van der Waals surface area contributed by atoms with E-state index >= 15 is 0 Å². The van der Waals surface area contributed by atoms with Crippen molar-refractivity contribution >= 4 is 11.0 Å². The number of H-pyrrole nitrogens is 1. The standard InChI is InChI=1S/C18H22FN5O/c1-12-8-13(2)24(22-12)10-14-9-23(6-7-25-14)11-17-20-16-5-3-4-15(19)18(16)21-17/h3-5,8,14H,6-7,9-11H2,1-2H3,(H,20,21). The highest BCUT2D eigenvalue weighted by atomic mass is 19.1. The molecule has 25 heavy (non-hydrogen) atoms. The predicted octanol–water partition coefficient (Wildman–Crippen LogP) is 2.42. The summed E-state index contributed by atoms with van der Waals surface area (Å²) in [5, 5.41) is 4.51. The molecule has 0 spiro atoms. The summed E-state index contributed by atoms with van der Waals surface area (Å²) in [6.07, 6.45) is 0.0906. The van der Waals surface area contributed by atoms with Gasteiger partial charge < -0.3 is 9.72 Å². The number of imidazole rings is 1. The van der Waals surface area contributed by atoms with Crippen LogP contribution in [0, 0.1) is 19.7 Å². The lowest BCUT2D eigenvalue weighted by molar-refractivity contribution is -0.0410.